The van der Waals surface area contributed by atoms with Crippen LogP contribution in [0.25, 0.3) is 0 Å². The third-order valence-corrected chi connectivity index (χ3v) is 6.63. The number of aromatic nitrogens is 1. The minimum absolute atomic E-state index is 0.0442. The topological polar surface area (TPSA) is 94.6 Å². The van der Waals surface area contributed by atoms with E-state index in [1.54, 1.807) is 0 Å². The van der Waals surface area contributed by atoms with E-state index in [0.29, 0.717) is 0 Å². The number of piperidine rings is 1. The number of aryl methyl sites for hydroxylation is 2. The van der Waals surface area contributed by atoms with Gasteiger partial charge in [0.2, 0.25) is 5.91 Å². The molecule has 7 nitrogen and oxygen atoms in total. The Bertz CT molecular complexity index is 950. The van der Waals surface area contributed by atoms with Gasteiger partial charge in [0.1, 0.15) is 5.82 Å². The van der Waals surface area contributed by atoms with Crippen LogP contribution in [0.3, 0.4) is 0 Å². The number of likely N-dealkylation sites (tertiary alicyclic amines) is 1. The van der Waals surface area contributed by atoms with Gasteiger partial charge in [0, 0.05) is 18.8 Å². The molecule has 33 heavy (non-hydrogen) atoms. The lowest BCUT2D eigenvalue weighted by Crippen LogP contribution is -2.44. The van der Waals surface area contributed by atoms with Crippen LogP contribution in [0.5, 0.6) is 0 Å². The molecule has 0 radical (unpaired) electrons. The van der Waals surface area contributed by atoms with Gasteiger partial charge < -0.3 is 20.6 Å². The second-order valence-electron chi connectivity index (χ2n) is 9.15. The number of nitrogens with zero attached hydrogens (tertiary/aromatic N) is 2. The molecule has 1 aromatic carbocycles. The van der Waals surface area contributed by atoms with E-state index in [1.165, 1.54) is 12.0 Å². The van der Waals surface area contributed by atoms with Crippen LogP contribution >= 0.6 is 0 Å². The number of fused-ring (bicyclic) bond motifs is 1. The highest BCUT2D eigenvalue weighted by Gasteiger charge is 2.28. The Morgan fingerprint density at radius 3 is 2.85 bits per heavy atom. The van der Waals surface area contributed by atoms with Crippen molar-refractivity contribution >= 4 is 17.7 Å². The number of benzene rings is 1. The lowest BCUT2D eigenvalue weighted by atomic mass is 9.95. The maximum atomic E-state index is 13.0. The number of carbonyl (C=O) groups excluding carboxylic acids is 1. The van der Waals surface area contributed by atoms with E-state index in [0.717, 1.165) is 75.4 Å². The number of carboxylic acids is 1. The third kappa shape index (κ3) is 6.54. The lowest BCUT2D eigenvalue weighted by Gasteiger charge is -2.33. The number of aliphatic carboxylic acids is 1. The van der Waals surface area contributed by atoms with Crippen molar-refractivity contribution in [2.75, 3.05) is 31.5 Å². The summed E-state index contributed by atoms with van der Waals surface area (Å²) >= 11 is 0. The molecule has 3 N–H and O–H groups in total. The Kier molecular flexibility index (Phi) is 7.94. The van der Waals surface area contributed by atoms with Crippen molar-refractivity contribution in [3.63, 3.8) is 0 Å². The van der Waals surface area contributed by atoms with Crippen LogP contribution in [0.1, 0.15) is 55.0 Å². The monoisotopic (exact) mass is 450 g/mol. The number of hydrogen-bond donors (Lipinski definition) is 3. The first-order valence-electron chi connectivity index (χ1n) is 12.1. The molecule has 0 aliphatic carbocycles. The summed E-state index contributed by atoms with van der Waals surface area (Å²) in [6.07, 6.45) is 5.91. The van der Waals surface area contributed by atoms with Gasteiger partial charge >= 0.3 is 5.97 Å². The van der Waals surface area contributed by atoms with Crippen molar-refractivity contribution in [3.8, 4) is 0 Å². The highest BCUT2D eigenvalue weighted by Crippen LogP contribution is 2.23. The molecule has 2 atom stereocenters. The minimum Gasteiger partial charge on any atom is -0.481 e. The quantitative estimate of drug-likeness (QED) is 0.542. The normalized spacial score (nSPS) is 19.2. The zero-order valence-electron chi connectivity index (χ0n) is 19.1. The number of amides is 1. The summed E-state index contributed by atoms with van der Waals surface area (Å²) in [5, 5.41) is 15.7. The second kappa shape index (κ2) is 11.3. The summed E-state index contributed by atoms with van der Waals surface area (Å²) in [7, 11) is 0. The fourth-order valence-electron chi connectivity index (χ4n) is 4.87. The van der Waals surface area contributed by atoms with Crippen molar-refractivity contribution in [2.24, 2.45) is 5.92 Å². The van der Waals surface area contributed by atoms with Gasteiger partial charge in [0.05, 0.1) is 18.4 Å². The number of pyridine rings is 1. The van der Waals surface area contributed by atoms with Gasteiger partial charge in [-0.25, -0.2) is 4.98 Å². The summed E-state index contributed by atoms with van der Waals surface area (Å²) in [6.45, 7) is 3.66. The Hall–Kier alpha value is -2.93. The molecule has 0 spiro atoms. The number of carbonyl (C=O) groups is 2. The van der Waals surface area contributed by atoms with Gasteiger partial charge in [-0.2, -0.15) is 0 Å². The predicted octanol–water partition coefficient (Wildman–Crippen LogP) is 3.42. The van der Waals surface area contributed by atoms with E-state index >= 15 is 0 Å². The zero-order chi connectivity index (χ0) is 23.0. The van der Waals surface area contributed by atoms with Crippen molar-refractivity contribution in [2.45, 2.75) is 51.0 Å². The molecule has 1 aromatic heterocycles. The number of carboxylic acid groups (broad SMARTS) is 1. The van der Waals surface area contributed by atoms with Crippen molar-refractivity contribution < 1.29 is 14.7 Å². The predicted molar refractivity (Wildman–Crippen MR) is 128 cm³/mol. The highest BCUT2D eigenvalue weighted by atomic mass is 16.4. The Balaban J connectivity index is 1.27. The van der Waals surface area contributed by atoms with Crippen LogP contribution in [0.15, 0.2) is 42.5 Å². The molecule has 0 bridgehead atoms. The van der Waals surface area contributed by atoms with Crippen LogP contribution < -0.4 is 10.6 Å². The smallest absolute Gasteiger partial charge is 0.305 e. The maximum Gasteiger partial charge on any atom is 0.305 e. The number of hydrogen-bond acceptors (Lipinski definition) is 5. The SMILES string of the molecule is O=C(O)C[C@H](NC(=O)[C@@H]1CCCN(CCCc2ccc3c(n2)NCCC3)C1)c1ccccc1. The number of anilines is 1. The number of nitrogens with one attached hydrogen (secondary N) is 2. The first-order chi connectivity index (χ1) is 16.1. The van der Waals surface area contributed by atoms with E-state index < -0.39 is 12.0 Å². The van der Waals surface area contributed by atoms with Crippen molar-refractivity contribution in [1.82, 2.24) is 15.2 Å². The lowest BCUT2D eigenvalue weighted by molar-refractivity contribution is -0.138. The standard InChI is InChI=1S/C26H34N4O3/c31-24(32)17-23(19-7-2-1-3-8-19)29-26(33)21-10-5-15-30(18-21)16-6-11-22-13-12-20-9-4-14-27-25(20)28-22/h1-3,7-8,12-13,21,23H,4-6,9-11,14-18H2,(H,27,28)(H,29,33)(H,31,32)/t21-,23+/m1/s1. The molecule has 176 valence electrons. The number of rotatable bonds is 9. The van der Waals surface area contributed by atoms with E-state index in [2.05, 4.69) is 27.7 Å². The zero-order valence-corrected chi connectivity index (χ0v) is 19.1. The van der Waals surface area contributed by atoms with Gasteiger partial charge in [0.25, 0.3) is 0 Å². The third-order valence-electron chi connectivity index (χ3n) is 6.63. The van der Waals surface area contributed by atoms with Gasteiger partial charge in [-0.05, 0) is 68.8 Å². The minimum atomic E-state index is -0.916. The Morgan fingerprint density at radius 2 is 2.03 bits per heavy atom. The van der Waals surface area contributed by atoms with Crippen molar-refractivity contribution in [1.29, 1.82) is 0 Å². The molecule has 7 heteroatoms. The van der Waals surface area contributed by atoms with E-state index in [9.17, 15) is 14.7 Å². The summed E-state index contributed by atoms with van der Waals surface area (Å²) in [6, 6.07) is 13.2. The fourth-order valence-corrected chi connectivity index (χ4v) is 4.87. The Morgan fingerprint density at radius 1 is 1.18 bits per heavy atom. The molecule has 4 rings (SSSR count). The fraction of sp³-hybridized carbons (Fsp3) is 0.500. The molecular formula is C26H34N4O3. The molecule has 1 saturated heterocycles. The van der Waals surface area contributed by atoms with E-state index in [1.807, 2.05) is 30.3 Å². The molecule has 3 heterocycles. The Labute approximate surface area is 195 Å². The summed E-state index contributed by atoms with van der Waals surface area (Å²) in [5.74, 6) is -0.0229. The molecule has 0 saturated carbocycles. The summed E-state index contributed by atoms with van der Waals surface area (Å²) in [4.78, 5) is 31.5. The molecule has 1 amide bonds. The molecule has 2 aromatic rings. The maximum absolute atomic E-state index is 13.0. The van der Waals surface area contributed by atoms with Crippen LogP contribution in [0.4, 0.5) is 5.82 Å². The van der Waals surface area contributed by atoms with Crippen LogP contribution in [-0.2, 0) is 22.4 Å². The highest BCUT2D eigenvalue weighted by molar-refractivity contribution is 5.80. The largest absolute Gasteiger partial charge is 0.481 e. The van der Waals surface area contributed by atoms with Crippen LogP contribution in [0.2, 0.25) is 0 Å². The average Bonchev–Trinajstić information content (AvgIpc) is 2.84. The summed E-state index contributed by atoms with van der Waals surface area (Å²) in [5.41, 5.74) is 3.26. The molecular weight excluding hydrogens is 416 g/mol. The van der Waals surface area contributed by atoms with Crippen molar-refractivity contribution in [3.05, 3.63) is 59.3 Å². The first kappa shape index (κ1) is 23.2. The van der Waals surface area contributed by atoms with Gasteiger partial charge in [-0.15, -0.1) is 0 Å². The average molecular weight is 451 g/mol. The second-order valence-corrected chi connectivity index (χ2v) is 9.15. The summed E-state index contributed by atoms with van der Waals surface area (Å²) < 4.78 is 0. The van der Waals surface area contributed by atoms with E-state index in [-0.39, 0.29) is 18.2 Å². The van der Waals surface area contributed by atoms with Gasteiger partial charge in [-0.1, -0.05) is 36.4 Å². The molecule has 2 aliphatic heterocycles. The van der Waals surface area contributed by atoms with Crippen LogP contribution in [0, 0.1) is 5.92 Å². The van der Waals surface area contributed by atoms with Gasteiger partial charge in [-0.3, -0.25) is 9.59 Å². The van der Waals surface area contributed by atoms with E-state index in [4.69, 9.17) is 4.98 Å². The van der Waals surface area contributed by atoms with Gasteiger partial charge in [0.15, 0.2) is 0 Å². The molecule has 1 fully saturated rings. The first-order valence-corrected chi connectivity index (χ1v) is 12.1. The van der Waals surface area contributed by atoms with Crippen LogP contribution in [-0.4, -0.2) is 53.0 Å². The molecule has 2 aliphatic rings. The molecule has 0 unspecified atom stereocenters.